The van der Waals surface area contributed by atoms with Gasteiger partial charge in [0.2, 0.25) is 0 Å². The highest BCUT2D eigenvalue weighted by atomic mass is 15.3. The van der Waals surface area contributed by atoms with Gasteiger partial charge in [-0.05, 0) is 19.3 Å². The minimum absolute atomic E-state index is 0.580. The zero-order valence-electron chi connectivity index (χ0n) is 9.26. The van der Waals surface area contributed by atoms with Crippen molar-refractivity contribution in [2.45, 2.75) is 64.3 Å². The molecule has 0 aromatic heterocycles. The second-order valence-corrected chi connectivity index (χ2v) is 4.12. The van der Waals surface area contributed by atoms with Crippen LogP contribution in [0.5, 0.6) is 0 Å². The summed E-state index contributed by atoms with van der Waals surface area (Å²) in [5, 5.41) is 0. The number of nitrogens with zero attached hydrogens (tertiary/aromatic N) is 1. The summed E-state index contributed by atoms with van der Waals surface area (Å²) in [6.07, 6.45) is 10.1. The van der Waals surface area contributed by atoms with E-state index in [0.717, 1.165) is 12.3 Å². The zero-order valence-corrected chi connectivity index (χ0v) is 9.26. The summed E-state index contributed by atoms with van der Waals surface area (Å²) in [6, 6.07) is 0.580. The lowest BCUT2D eigenvalue weighted by atomic mass is 10.1. The molecule has 82 valence electrons. The zero-order chi connectivity index (χ0) is 10.2. The van der Waals surface area contributed by atoms with Gasteiger partial charge in [-0.15, -0.1) is 0 Å². The van der Waals surface area contributed by atoms with Gasteiger partial charge in [-0.3, -0.25) is 4.99 Å². The summed E-state index contributed by atoms with van der Waals surface area (Å²) in [5.41, 5.74) is 2.71. The minimum atomic E-state index is 0.580. The van der Waals surface area contributed by atoms with E-state index in [0.29, 0.717) is 6.04 Å². The molecule has 0 atom stereocenters. The summed E-state index contributed by atoms with van der Waals surface area (Å²) in [4.78, 5) is 4.50. The lowest BCUT2D eigenvalue weighted by molar-refractivity contribution is 0.639. The van der Waals surface area contributed by atoms with E-state index in [-0.39, 0.29) is 0 Å². The average molecular weight is 197 g/mol. The molecule has 1 rings (SSSR count). The average Bonchev–Trinajstić information content (AvgIpc) is 2.99. The maximum atomic E-state index is 5.41. The van der Waals surface area contributed by atoms with Crippen molar-refractivity contribution >= 4 is 5.84 Å². The molecule has 0 aliphatic heterocycles. The van der Waals surface area contributed by atoms with E-state index in [4.69, 9.17) is 5.84 Å². The Morgan fingerprint density at radius 1 is 1.29 bits per heavy atom. The maximum absolute atomic E-state index is 5.41. The van der Waals surface area contributed by atoms with Crippen molar-refractivity contribution in [3.8, 4) is 0 Å². The van der Waals surface area contributed by atoms with Crippen molar-refractivity contribution in [3.63, 3.8) is 0 Å². The van der Waals surface area contributed by atoms with Crippen LogP contribution in [0.25, 0.3) is 0 Å². The largest absolute Gasteiger partial charge is 0.312 e. The summed E-state index contributed by atoms with van der Waals surface area (Å²) in [6.45, 7) is 2.24. The van der Waals surface area contributed by atoms with E-state index in [2.05, 4.69) is 17.3 Å². The van der Waals surface area contributed by atoms with E-state index in [1.807, 2.05) is 0 Å². The first kappa shape index (κ1) is 11.5. The second kappa shape index (κ2) is 6.82. The van der Waals surface area contributed by atoms with E-state index < -0.39 is 0 Å². The van der Waals surface area contributed by atoms with Crippen LogP contribution >= 0.6 is 0 Å². The first-order chi connectivity index (χ1) is 6.86. The van der Waals surface area contributed by atoms with E-state index in [1.54, 1.807) is 0 Å². The number of nitrogens with two attached hydrogens (primary N) is 1. The molecular formula is C11H23N3. The molecule has 1 aliphatic rings. The number of hydrogen-bond donors (Lipinski definition) is 2. The first-order valence-electron chi connectivity index (χ1n) is 5.90. The Labute approximate surface area is 87.1 Å². The normalized spacial score (nSPS) is 17.1. The third-order valence-corrected chi connectivity index (χ3v) is 2.57. The SMILES string of the molecule is CCCCCCCC(=NC1CC1)NN. The number of amidine groups is 1. The molecule has 1 aliphatic carbocycles. The Morgan fingerprint density at radius 3 is 2.57 bits per heavy atom. The van der Waals surface area contributed by atoms with E-state index in [1.165, 1.54) is 44.9 Å². The fourth-order valence-electron chi connectivity index (χ4n) is 1.49. The number of aliphatic imine (C=N–C) groups is 1. The lowest BCUT2D eigenvalue weighted by Crippen LogP contribution is -2.30. The Balaban J connectivity index is 2.02. The van der Waals surface area contributed by atoms with Crippen LogP contribution in [0.3, 0.4) is 0 Å². The van der Waals surface area contributed by atoms with Crippen LogP contribution in [0.1, 0.15) is 58.3 Å². The third kappa shape index (κ3) is 5.22. The van der Waals surface area contributed by atoms with Gasteiger partial charge in [-0.1, -0.05) is 32.6 Å². The summed E-state index contributed by atoms with van der Waals surface area (Å²) < 4.78 is 0. The molecule has 3 nitrogen and oxygen atoms in total. The Morgan fingerprint density at radius 2 is 2.00 bits per heavy atom. The molecule has 0 saturated heterocycles. The number of nitrogens with one attached hydrogen (secondary N) is 1. The van der Waals surface area contributed by atoms with Crippen molar-refractivity contribution in [2.75, 3.05) is 0 Å². The van der Waals surface area contributed by atoms with Crippen molar-refractivity contribution < 1.29 is 0 Å². The summed E-state index contributed by atoms with van der Waals surface area (Å²) in [7, 11) is 0. The molecule has 0 unspecified atom stereocenters. The molecule has 0 radical (unpaired) electrons. The van der Waals surface area contributed by atoms with Crippen LogP contribution in [-0.4, -0.2) is 11.9 Å². The smallest absolute Gasteiger partial charge is 0.111 e. The molecule has 3 heteroatoms. The molecule has 0 aromatic carbocycles. The van der Waals surface area contributed by atoms with Crippen LogP contribution < -0.4 is 11.3 Å². The van der Waals surface area contributed by atoms with Crippen molar-refractivity contribution in [2.24, 2.45) is 10.8 Å². The van der Waals surface area contributed by atoms with Gasteiger partial charge >= 0.3 is 0 Å². The summed E-state index contributed by atoms with van der Waals surface area (Å²) in [5.74, 6) is 6.41. The summed E-state index contributed by atoms with van der Waals surface area (Å²) >= 11 is 0. The second-order valence-electron chi connectivity index (χ2n) is 4.12. The number of hydrazine groups is 1. The monoisotopic (exact) mass is 197 g/mol. The molecule has 3 N–H and O–H groups in total. The van der Waals surface area contributed by atoms with Gasteiger partial charge in [0.25, 0.3) is 0 Å². The standard InChI is InChI=1S/C11H23N3/c1-2-3-4-5-6-7-11(14-12)13-10-8-9-10/h10H,2-9,12H2,1H3,(H,13,14). The third-order valence-electron chi connectivity index (χ3n) is 2.57. The highest BCUT2D eigenvalue weighted by molar-refractivity contribution is 5.81. The quantitative estimate of drug-likeness (QED) is 0.216. The van der Waals surface area contributed by atoms with E-state index in [9.17, 15) is 0 Å². The molecule has 14 heavy (non-hydrogen) atoms. The van der Waals surface area contributed by atoms with Gasteiger partial charge in [0.05, 0.1) is 6.04 Å². The topological polar surface area (TPSA) is 50.4 Å². The molecule has 0 aromatic rings. The van der Waals surface area contributed by atoms with Crippen molar-refractivity contribution in [3.05, 3.63) is 0 Å². The number of unbranched alkanes of at least 4 members (excludes halogenated alkanes) is 4. The van der Waals surface area contributed by atoms with Crippen LogP contribution in [-0.2, 0) is 0 Å². The molecular weight excluding hydrogens is 174 g/mol. The predicted octanol–water partition coefficient (Wildman–Crippen LogP) is 2.37. The van der Waals surface area contributed by atoms with Gasteiger partial charge in [0, 0.05) is 6.42 Å². The molecule has 0 heterocycles. The minimum Gasteiger partial charge on any atom is -0.312 e. The number of hydrogen-bond acceptors (Lipinski definition) is 2. The van der Waals surface area contributed by atoms with Gasteiger partial charge in [0.1, 0.15) is 5.84 Å². The van der Waals surface area contributed by atoms with E-state index >= 15 is 0 Å². The van der Waals surface area contributed by atoms with Crippen molar-refractivity contribution in [1.29, 1.82) is 0 Å². The fraction of sp³-hybridized carbons (Fsp3) is 0.909. The van der Waals surface area contributed by atoms with Gasteiger partial charge in [0.15, 0.2) is 0 Å². The van der Waals surface area contributed by atoms with Crippen molar-refractivity contribution in [1.82, 2.24) is 5.43 Å². The molecule has 1 fully saturated rings. The molecule has 0 bridgehead atoms. The van der Waals surface area contributed by atoms with Crippen LogP contribution in [0.4, 0.5) is 0 Å². The van der Waals surface area contributed by atoms with Gasteiger partial charge in [-0.25, -0.2) is 5.84 Å². The molecule has 0 amide bonds. The van der Waals surface area contributed by atoms with Gasteiger partial charge in [-0.2, -0.15) is 0 Å². The fourth-order valence-corrected chi connectivity index (χ4v) is 1.49. The molecule has 1 saturated carbocycles. The predicted molar refractivity (Wildman–Crippen MR) is 61.2 cm³/mol. The first-order valence-corrected chi connectivity index (χ1v) is 5.90. The maximum Gasteiger partial charge on any atom is 0.111 e. The highest BCUT2D eigenvalue weighted by Gasteiger charge is 2.20. The highest BCUT2D eigenvalue weighted by Crippen LogP contribution is 2.23. The van der Waals surface area contributed by atoms with Crippen LogP contribution in [0, 0.1) is 0 Å². The van der Waals surface area contributed by atoms with Crippen LogP contribution in [0.2, 0.25) is 0 Å². The molecule has 0 spiro atoms. The Bertz CT molecular complexity index is 173. The van der Waals surface area contributed by atoms with Gasteiger partial charge < -0.3 is 5.43 Å². The Kier molecular flexibility index (Phi) is 5.60. The van der Waals surface area contributed by atoms with Crippen LogP contribution in [0.15, 0.2) is 4.99 Å². The Hall–Kier alpha value is -0.570. The number of rotatable bonds is 7. The lowest BCUT2D eigenvalue weighted by Gasteiger charge is -2.04.